The molecule has 2 aromatic heterocycles. The molecule has 0 saturated carbocycles. The maximum atomic E-state index is 5.68. The van der Waals surface area contributed by atoms with E-state index in [1.807, 2.05) is 0 Å². The summed E-state index contributed by atoms with van der Waals surface area (Å²) in [5.74, 6) is 0.660. The smallest absolute Gasteiger partial charge is 0.134 e. The highest BCUT2D eigenvalue weighted by molar-refractivity contribution is 6.29. The van der Waals surface area contributed by atoms with E-state index in [1.165, 1.54) is 12.6 Å². The predicted molar refractivity (Wildman–Crippen MR) is 50.9 cm³/mol. The molecule has 0 aliphatic heterocycles. The van der Waals surface area contributed by atoms with Gasteiger partial charge in [-0.25, -0.2) is 9.97 Å². The van der Waals surface area contributed by atoms with Crippen LogP contribution in [0, 0.1) is 0 Å². The Kier molecular flexibility index (Phi) is 2.60. The number of hydrogen-bond acceptors (Lipinski definition) is 5. The molecular formula is C8H7ClN4O. The fourth-order valence-electron chi connectivity index (χ4n) is 0.940. The van der Waals surface area contributed by atoms with Crippen LogP contribution in [-0.4, -0.2) is 15.1 Å². The summed E-state index contributed by atoms with van der Waals surface area (Å²) in [5.41, 5.74) is 0.805. The summed E-state index contributed by atoms with van der Waals surface area (Å²) in [6, 6.07) is 3.41. The van der Waals surface area contributed by atoms with Crippen LogP contribution >= 0.6 is 11.6 Å². The Labute approximate surface area is 85.1 Å². The van der Waals surface area contributed by atoms with Crippen LogP contribution in [0.2, 0.25) is 5.15 Å². The van der Waals surface area contributed by atoms with E-state index in [0.717, 1.165) is 5.69 Å². The van der Waals surface area contributed by atoms with Crippen LogP contribution in [0.15, 0.2) is 29.2 Å². The first-order valence-electron chi connectivity index (χ1n) is 3.95. The van der Waals surface area contributed by atoms with Gasteiger partial charge >= 0.3 is 0 Å². The van der Waals surface area contributed by atoms with E-state index in [0.29, 0.717) is 17.5 Å². The Hall–Kier alpha value is -1.62. The van der Waals surface area contributed by atoms with Crippen molar-refractivity contribution in [1.82, 2.24) is 15.1 Å². The average Bonchev–Trinajstić information content (AvgIpc) is 2.67. The predicted octanol–water partition coefficient (Wildman–Crippen LogP) is 1.73. The second-order valence-corrected chi connectivity index (χ2v) is 2.96. The molecule has 2 rings (SSSR count). The van der Waals surface area contributed by atoms with E-state index < -0.39 is 0 Å². The summed E-state index contributed by atoms with van der Waals surface area (Å²) in [6.45, 7) is 0.545. The van der Waals surface area contributed by atoms with Gasteiger partial charge < -0.3 is 9.84 Å². The van der Waals surface area contributed by atoms with Gasteiger partial charge in [-0.05, 0) is 0 Å². The molecule has 0 aromatic carbocycles. The second-order valence-electron chi connectivity index (χ2n) is 2.57. The zero-order chi connectivity index (χ0) is 9.80. The Morgan fingerprint density at radius 3 is 3.07 bits per heavy atom. The van der Waals surface area contributed by atoms with Crippen LogP contribution in [0.25, 0.3) is 0 Å². The first-order valence-corrected chi connectivity index (χ1v) is 4.33. The molecule has 0 fully saturated rings. The SMILES string of the molecule is Clc1cc(NCc2ccon2)ncn1. The van der Waals surface area contributed by atoms with Gasteiger partial charge in [0.05, 0.1) is 6.54 Å². The van der Waals surface area contributed by atoms with Crippen molar-refractivity contribution in [2.45, 2.75) is 6.54 Å². The highest BCUT2D eigenvalue weighted by atomic mass is 35.5. The molecule has 72 valence electrons. The maximum Gasteiger partial charge on any atom is 0.134 e. The molecule has 0 bridgehead atoms. The van der Waals surface area contributed by atoms with Crippen molar-refractivity contribution in [3.63, 3.8) is 0 Å². The molecule has 0 atom stereocenters. The maximum absolute atomic E-state index is 5.68. The number of nitrogens with one attached hydrogen (secondary N) is 1. The van der Waals surface area contributed by atoms with Crippen LogP contribution in [-0.2, 0) is 6.54 Å². The van der Waals surface area contributed by atoms with Crippen molar-refractivity contribution in [1.29, 1.82) is 0 Å². The van der Waals surface area contributed by atoms with Crippen molar-refractivity contribution < 1.29 is 4.52 Å². The fraction of sp³-hybridized carbons (Fsp3) is 0.125. The van der Waals surface area contributed by atoms with E-state index in [1.54, 1.807) is 12.1 Å². The summed E-state index contributed by atoms with van der Waals surface area (Å²) in [6.07, 6.45) is 2.91. The van der Waals surface area contributed by atoms with Gasteiger partial charge in [0, 0.05) is 12.1 Å². The zero-order valence-corrected chi connectivity index (χ0v) is 7.90. The average molecular weight is 211 g/mol. The van der Waals surface area contributed by atoms with Crippen LogP contribution < -0.4 is 5.32 Å². The highest BCUT2D eigenvalue weighted by Gasteiger charge is 1.98. The Balaban J connectivity index is 1.98. The second kappa shape index (κ2) is 4.06. The molecular weight excluding hydrogens is 204 g/mol. The largest absolute Gasteiger partial charge is 0.364 e. The topological polar surface area (TPSA) is 63.8 Å². The Bertz CT molecular complexity index is 403. The third-order valence-electron chi connectivity index (χ3n) is 1.58. The van der Waals surface area contributed by atoms with Crippen molar-refractivity contribution >= 4 is 17.4 Å². The van der Waals surface area contributed by atoms with Gasteiger partial charge in [-0.15, -0.1) is 0 Å². The molecule has 0 aliphatic rings. The van der Waals surface area contributed by atoms with Crippen LogP contribution in [0.3, 0.4) is 0 Å². The quantitative estimate of drug-likeness (QED) is 0.782. The molecule has 6 heteroatoms. The van der Waals surface area contributed by atoms with E-state index in [4.69, 9.17) is 11.6 Å². The minimum atomic E-state index is 0.405. The van der Waals surface area contributed by atoms with Crippen LogP contribution in [0.4, 0.5) is 5.82 Å². The van der Waals surface area contributed by atoms with Gasteiger partial charge in [-0.2, -0.15) is 0 Å². The molecule has 0 radical (unpaired) electrons. The lowest BCUT2D eigenvalue weighted by Crippen LogP contribution is -2.01. The summed E-state index contributed by atoms with van der Waals surface area (Å²) < 4.78 is 4.68. The van der Waals surface area contributed by atoms with Gasteiger partial charge in [0.15, 0.2) is 0 Å². The fourth-order valence-corrected chi connectivity index (χ4v) is 1.09. The number of rotatable bonds is 3. The van der Waals surface area contributed by atoms with Crippen molar-refractivity contribution in [3.8, 4) is 0 Å². The number of anilines is 1. The van der Waals surface area contributed by atoms with Crippen LogP contribution in [0.5, 0.6) is 0 Å². The number of halogens is 1. The molecule has 0 aliphatic carbocycles. The molecule has 1 N–H and O–H groups in total. The third-order valence-corrected chi connectivity index (χ3v) is 1.78. The van der Waals surface area contributed by atoms with Crippen molar-refractivity contribution in [3.05, 3.63) is 35.6 Å². The highest BCUT2D eigenvalue weighted by Crippen LogP contribution is 2.09. The molecule has 0 amide bonds. The first-order chi connectivity index (χ1) is 6.84. The molecule has 2 heterocycles. The summed E-state index contributed by atoms with van der Waals surface area (Å²) in [7, 11) is 0. The summed E-state index contributed by atoms with van der Waals surface area (Å²) in [4.78, 5) is 7.74. The van der Waals surface area contributed by atoms with E-state index in [9.17, 15) is 0 Å². The Morgan fingerprint density at radius 2 is 2.36 bits per heavy atom. The molecule has 0 spiro atoms. The number of hydrogen-bond donors (Lipinski definition) is 1. The lowest BCUT2D eigenvalue weighted by Gasteiger charge is -2.01. The summed E-state index contributed by atoms with van der Waals surface area (Å²) in [5, 5.41) is 7.17. The van der Waals surface area contributed by atoms with E-state index in [-0.39, 0.29) is 0 Å². The van der Waals surface area contributed by atoms with Gasteiger partial charge in [-0.3, -0.25) is 0 Å². The van der Waals surface area contributed by atoms with Gasteiger partial charge in [0.1, 0.15) is 29.3 Å². The standard InChI is InChI=1S/C8H7ClN4O/c9-7-3-8(12-5-11-7)10-4-6-1-2-14-13-6/h1-3,5H,4H2,(H,10,11,12). The Morgan fingerprint density at radius 1 is 1.43 bits per heavy atom. The van der Waals surface area contributed by atoms with Gasteiger partial charge in [0.2, 0.25) is 0 Å². The molecule has 0 saturated heterocycles. The molecule has 5 nitrogen and oxygen atoms in total. The minimum absolute atomic E-state index is 0.405. The van der Waals surface area contributed by atoms with E-state index in [2.05, 4.69) is 25.0 Å². The third kappa shape index (κ3) is 2.20. The van der Waals surface area contributed by atoms with Crippen LogP contribution in [0.1, 0.15) is 5.69 Å². The molecule has 14 heavy (non-hydrogen) atoms. The van der Waals surface area contributed by atoms with Gasteiger partial charge in [0.25, 0.3) is 0 Å². The summed E-state index contributed by atoms with van der Waals surface area (Å²) >= 11 is 5.68. The minimum Gasteiger partial charge on any atom is -0.364 e. The number of aromatic nitrogens is 3. The van der Waals surface area contributed by atoms with Crippen molar-refractivity contribution in [2.75, 3.05) is 5.32 Å². The lowest BCUT2D eigenvalue weighted by atomic mass is 10.4. The van der Waals surface area contributed by atoms with Gasteiger partial charge in [-0.1, -0.05) is 16.8 Å². The zero-order valence-electron chi connectivity index (χ0n) is 7.14. The normalized spacial score (nSPS) is 10.1. The molecule has 0 unspecified atom stereocenters. The lowest BCUT2D eigenvalue weighted by molar-refractivity contribution is 0.412. The first kappa shape index (κ1) is 8.96. The molecule has 2 aromatic rings. The van der Waals surface area contributed by atoms with Crippen molar-refractivity contribution in [2.24, 2.45) is 0 Å². The van der Waals surface area contributed by atoms with E-state index >= 15 is 0 Å². The monoisotopic (exact) mass is 210 g/mol. The number of nitrogens with zero attached hydrogens (tertiary/aromatic N) is 3.